The third kappa shape index (κ3) is 4.22. The second-order valence-electron chi connectivity index (χ2n) is 5.68. The zero-order chi connectivity index (χ0) is 16.8. The fourth-order valence-corrected chi connectivity index (χ4v) is 2.34. The Morgan fingerprint density at radius 2 is 2.04 bits per heavy atom. The third-order valence-corrected chi connectivity index (χ3v) is 3.53. The summed E-state index contributed by atoms with van der Waals surface area (Å²) in [6.07, 6.45) is 7.06. The van der Waals surface area contributed by atoms with Crippen molar-refractivity contribution < 1.29 is 4.79 Å². The van der Waals surface area contributed by atoms with E-state index in [2.05, 4.69) is 27.8 Å². The van der Waals surface area contributed by atoms with Crippen LogP contribution in [0.4, 0.5) is 10.5 Å². The molecule has 2 heterocycles. The summed E-state index contributed by atoms with van der Waals surface area (Å²) in [6, 6.07) is 11.4. The number of para-hydroxylation sites is 1. The highest BCUT2D eigenvalue weighted by Crippen LogP contribution is 2.11. The summed E-state index contributed by atoms with van der Waals surface area (Å²) >= 11 is 0. The number of hydrogen-bond acceptors (Lipinski definition) is 3. The Morgan fingerprint density at radius 3 is 2.79 bits per heavy atom. The minimum absolute atomic E-state index is 0.241. The van der Waals surface area contributed by atoms with E-state index in [0.717, 1.165) is 12.2 Å². The number of nitrogens with zero attached hydrogens (tertiary/aromatic N) is 4. The maximum absolute atomic E-state index is 12.0. The summed E-state index contributed by atoms with van der Waals surface area (Å²) in [5.41, 5.74) is 1.59. The summed E-state index contributed by atoms with van der Waals surface area (Å²) in [6.45, 7) is 3.40. The summed E-state index contributed by atoms with van der Waals surface area (Å²) in [4.78, 5) is 12.0. The van der Waals surface area contributed by atoms with Crippen molar-refractivity contribution >= 4 is 11.7 Å². The van der Waals surface area contributed by atoms with E-state index in [9.17, 15) is 4.79 Å². The molecule has 7 heteroatoms. The number of urea groups is 1. The fourth-order valence-electron chi connectivity index (χ4n) is 2.34. The van der Waals surface area contributed by atoms with Gasteiger partial charge in [0, 0.05) is 25.5 Å². The highest BCUT2D eigenvalue weighted by atomic mass is 16.2. The number of carbonyl (C=O) groups is 1. The molecule has 0 unspecified atom stereocenters. The zero-order valence-electron chi connectivity index (χ0n) is 13.5. The summed E-state index contributed by atoms with van der Waals surface area (Å²) in [7, 11) is 0. The van der Waals surface area contributed by atoms with Crippen molar-refractivity contribution in [2.75, 3.05) is 11.9 Å². The molecule has 0 aliphatic heterocycles. The van der Waals surface area contributed by atoms with Gasteiger partial charge in [-0.05, 0) is 24.1 Å². The molecular formula is C17H20N6O. The minimum Gasteiger partial charge on any atom is -0.338 e. The predicted octanol–water partition coefficient (Wildman–Crippen LogP) is 2.53. The fraction of sp³-hybridized carbons (Fsp3) is 0.235. The van der Waals surface area contributed by atoms with E-state index in [0.29, 0.717) is 12.2 Å². The van der Waals surface area contributed by atoms with Crippen LogP contribution in [-0.2, 0) is 6.54 Å². The molecule has 2 N–H and O–H groups in total. The SMILES string of the molecule is C[C@@H](CNC(=O)Nc1cnn(-c2ccccc2)c1)Cn1cccn1. The lowest BCUT2D eigenvalue weighted by atomic mass is 10.2. The van der Waals surface area contributed by atoms with Crippen LogP contribution in [0.5, 0.6) is 0 Å². The van der Waals surface area contributed by atoms with E-state index in [1.807, 2.05) is 47.3 Å². The van der Waals surface area contributed by atoms with Gasteiger partial charge in [0.1, 0.15) is 0 Å². The number of aromatic nitrogens is 4. The molecule has 1 atom stereocenters. The number of benzene rings is 1. The first-order chi connectivity index (χ1) is 11.7. The van der Waals surface area contributed by atoms with Crippen LogP contribution in [0.15, 0.2) is 61.2 Å². The van der Waals surface area contributed by atoms with E-state index >= 15 is 0 Å². The maximum atomic E-state index is 12.0. The molecule has 2 amide bonds. The van der Waals surface area contributed by atoms with Gasteiger partial charge in [0.2, 0.25) is 0 Å². The molecule has 0 fully saturated rings. The van der Waals surface area contributed by atoms with Crippen LogP contribution in [-0.4, -0.2) is 32.1 Å². The molecule has 0 bridgehead atoms. The highest BCUT2D eigenvalue weighted by Gasteiger charge is 2.08. The van der Waals surface area contributed by atoms with Crippen molar-refractivity contribution in [1.82, 2.24) is 24.9 Å². The number of carbonyl (C=O) groups excluding carboxylic acids is 1. The van der Waals surface area contributed by atoms with Gasteiger partial charge in [-0.2, -0.15) is 10.2 Å². The molecule has 124 valence electrons. The lowest BCUT2D eigenvalue weighted by Crippen LogP contribution is -2.33. The predicted molar refractivity (Wildman–Crippen MR) is 92.0 cm³/mol. The molecule has 0 aliphatic rings. The number of nitrogens with one attached hydrogen (secondary N) is 2. The largest absolute Gasteiger partial charge is 0.338 e. The quantitative estimate of drug-likeness (QED) is 0.731. The summed E-state index contributed by atoms with van der Waals surface area (Å²) in [5.74, 6) is 0.280. The van der Waals surface area contributed by atoms with Crippen molar-refractivity contribution in [1.29, 1.82) is 0 Å². The second-order valence-corrected chi connectivity index (χ2v) is 5.68. The first-order valence-electron chi connectivity index (χ1n) is 7.83. The van der Waals surface area contributed by atoms with Gasteiger partial charge in [0.05, 0.1) is 23.8 Å². The normalized spacial score (nSPS) is 11.9. The molecule has 0 spiro atoms. The number of hydrogen-bond donors (Lipinski definition) is 2. The second kappa shape index (κ2) is 7.45. The third-order valence-electron chi connectivity index (χ3n) is 3.53. The topological polar surface area (TPSA) is 76.8 Å². The van der Waals surface area contributed by atoms with E-state index in [4.69, 9.17) is 0 Å². The zero-order valence-corrected chi connectivity index (χ0v) is 13.5. The molecule has 7 nitrogen and oxygen atoms in total. The van der Waals surface area contributed by atoms with Crippen LogP contribution >= 0.6 is 0 Å². The smallest absolute Gasteiger partial charge is 0.319 e. The Bertz CT molecular complexity index is 766. The van der Waals surface area contributed by atoms with Gasteiger partial charge in [0.25, 0.3) is 0 Å². The van der Waals surface area contributed by atoms with Gasteiger partial charge >= 0.3 is 6.03 Å². The maximum Gasteiger partial charge on any atom is 0.319 e. The first kappa shape index (κ1) is 15.8. The average Bonchev–Trinajstić information content (AvgIpc) is 3.26. The van der Waals surface area contributed by atoms with E-state index < -0.39 is 0 Å². The molecule has 3 rings (SSSR count). The van der Waals surface area contributed by atoms with Gasteiger partial charge in [-0.25, -0.2) is 9.48 Å². The number of anilines is 1. The molecule has 0 saturated heterocycles. The van der Waals surface area contributed by atoms with Gasteiger partial charge in [-0.15, -0.1) is 0 Å². The molecular weight excluding hydrogens is 304 g/mol. The van der Waals surface area contributed by atoms with Crippen molar-refractivity contribution in [3.8, 4) is 5.69 Å². The standard InChI is InChI=1S/C17H20N6O/c1-14(12-22-9-5-8-19-22)10-18-17(24)21-15-11-20-23(13-15)16-6-3-2-4-7-16/h2-9,11,13-14H,10,12H2,1H3,(H2,18,21,24)/t14-/m0/s1. The van der Waals surface area contributed by atoms with Crippen LogP contribution < -0.4 is 10.6 Å². The van der Waals surface area contributed by atoms with Crippen molar-refractivity contribution in [3.63, 3.8) is 0 Å². The van der Waals surface area contributed by atoms with Crippen LogP contribution in [0.3, 0.4) is 0 Å². The Morgan fingerprint density at radius 1 is 1.21 bits per heavy atom. The van der Waals surface area contributed by atoms with Crippen LogP contribution in [0.1, 0.15) is 6.92 Å². The Kier molecular flexibility index (Phi) is 4.90. The lowest BCUT2D eigenvalue weighted by Gasteiger charge is -2.12. The lowest BCUT2D eigenvalue weighted by molar-refractivity contribution is 0.249. The van der Waals surface area contributed by atoms with Gasteiger partial charge in [-0.3, -0.25) is 4.68 Å². The minimum atomic E-state index is -0.241. The van der Waals surface area contributed by atoms with Crippen LogP contribution in [0.2, 0.25) is 0 Å². The molecule has 24 heavy (non-hydrogen) atoms. The Labute approximate surface area is 140 Å². The molecule has 0 saturated carbocycles. The first-order valence-corrected chi connectivity index (χ1v) is 7.83. The molecule has 3 aromatic rings. The van der Waals surface area contributed by atoms with Crippen LogP contribution in [0.25, 0.3) is 5.69 Å². The molecule has 2 aromatic heterocycles. The molecule has 1 aromatic carbocycles. The van der Waals surface area contributed by atoms with E-state index in [1.165, 1.54) is 0 Å². The Balaban J connectivity index is 1.47. The van der Waals surface area contributed by atoms with Gasteiger partial charge in [0.15, 0.2) is 0 Å². The van der Waals surface area contributed by atoms with Gasteiger partial charge in [-0.1, -0.05) is 25.1 Å². The van der Waals surface area contributed by atoms with E-state index in [1.54, 1.807) is 23.3 Å². The molecule has 0 radical (unpaired) electrons. The monoisotopic (exact) mass is 324 g/mol. The van der Waals surface area contributed by atoms with Gasteiger partial charge < -0.3 is 10.6 Å². The van der Waals surface area contributed by atoms with Crippen molar-refractivity contribution in [3.05, 3.63) is 61.2 Å². The average molecular weight is 324 g/mol. The number of amides is 2. The summed E-state index contributed by atoms with van der Waals surface area (Å²) in [5, 5.41) is 14.1. The summed E-state index contributed by atoms with van der Waals surface area (Å²) < 4.78 is 3.57. The number of rotatable bonds is 6. The van der Waals surface area contributed by atoms with Crippen molar-refractivity contribution in [2.45, 2.75) is 13.5 Å². The van der Waals surface area contributed by atoms with E-state index in [-0.39, 0.29) is 11.9 Å². The molecule has 0 aliphatic carbocycles. The van der Waals surface area contributed by atoms with Crippen molar-refractivity contribution in [2.24, 2.45) is 5.92 Å². The Hall–Kier alpha value is -3.09. The highest BCUT2D eigenvalue weighted by molar-refractivity contribution is 5.88. The van der Waals surface area contributed by atoms with Crippen LogP contribution in [0, 0.1) is 5.92 Å².